The van der Waals surface area contributed by atoms with Gasteiger partial charge in [0.1, 0.15) is 12.7 Å². The fourth-order valence-electron chi connectivity index (χ4n) is 3.77. The number of nitrogens with one attached hydrogen (secondary N) is 1. The maximum Gasteiger partial charge on any atom is 0.234 e. The number of piperidine rings is 1. The standard InChI is InChI=1S/C17H21N5O/c23-17(10-21-9-14-3-6-16(21)7-14)19-8-13-1-4-15(5-2-13)22-12-18-11-20-22/h1-2,4-5,11-12,14,16H,3,6-10H2,(H,19,23)/t14-,16+/m1/s1. The van der Waals surface area contributed by atoms with Gasteiger partial charge in [-0.2, -0.15) is 5.10 Å². The van der Waals surface area contributed by atoms with Crippen LogP contribution in [0.5, 0.6) is 0 Å². The lowest BCUT2D eigenvalue weighted by molar-refractivity contribution is -0.122. The minimum atomic E-state index is 0.123. The van der Waals surface area contributed by atoms with Crippen molar-refractivity contribution < 1.29 is 4.79 Å². The van der Waals surface area contributed by atoms with Crippen molar-refractivity contribution in [3.8, 4) is 5.69 Å². The van der Waals surface area contributed by atoms with Crippen molar-refractivity contribution in [3.05, 3.63) is 42.5 Å². The molecule has 6 heteroatoms. The molecule has 0 radical (unpaired) electrons. The van der Waals surface area contributed by atoms with E-state index in [-0.39, 0.29) is 5.91 Å². The zero-order valence-electron chi connectivity index (χ0n) is 13.1. The van der Waals surface area contributed by atoms with E-state index in [9.17, 15) is 4.79 Å². The molecule has 1 aromatic heterocycles. The van der Waals surface area contributed by atoms with Gasteiger partial charge in [-0.25, -0.2) is 9.67 Å². The predicted molar refractivity (Wildman–Crippen MR) is 85.9 cm³/mol. The Morgan fingerprint density at radius 2 is 2.13 bits per heavy atom. The van der Waals surface area contributed by atoms with Crippen molar-refractivity contribution in [2.45, 2.75) is 31.8 Å². The number of rotatable bonds is 5. The van der Waals surface area contributed by atoms with Gasteiger partial charge >= 0.3 is 0 Å². The molecule has 0 unspecified atom stereocenters. The van der Waals surface area contributed by atoms with Gasteiger partial charge in [0.2, 0.25) is 5.91 Å². The van der Waals surface area contributed by atoms with Gasteiger partial charge in [-0.05, 0) is 42.9 Å². The monoisotopic (exact) mass is 311 g/mol. The summed E-state index contributed by atoms with van der Waals surface area (Å²) in [4.78, 5) is 18.4. The Morgan fingerprint density at radius 3 is 2.78 bits per heavy atom. The highest BCUT2D eigenvalue weighted by Crippen LogP contribution is 2.36. The largest absolute Gasteiger partial charge is 0.351 e. The Kier molecular flexibility index (Phi) is 3.83. The molecule has 1 amide bonds. The summed E-state index contributed by atoms with van der Waals surface area (Å²) in [5.74, 6) is 0.954. The fourth-order valence-corrected chi connectivity index (χ4v) is 3.77. The van der Waals surface area contributed by atoms with Crippen LogP contribution in [0.25, 0.3) is 5.69 Å². The molecule has 120 valence electrons. The summed E-state index contributed by atoms with van der Waals surface area (Å²) < 4.78 is 1.71. The number of hydrogen-bond acceptors (Lipinski definition) is 4. The summed E-state index contributed by atoms with van der Waals surface area (Å²) in [5.41, 5.74) is 2.05. The molecule has 1 saturated heterocycles. The van der Waals surface area contributed by atoms with E-state index in [1.54, 1.807) is 11.0 Å². The molecule has 4 rings (SSSR count). The van der Waals surface area contributed by atoms with Crippen molar-refractivity contribution in [1.29, 1.82) is 0 Å². The van der Waals surface area contributed by atoms with Crippen LogP contribution in [0.3, 0.4) is 0 Å². The van der Waals surface area contributed by atoms with Gasteiger partial charge in [0, 0.05) is 19.1 Å². The molecule has 2 aromatic rings. The van der Waals surface area contributed by atoms with E-state index in [0.717, 1.165) is 23.7 Å². The molecule has 2 fully saturated rings. The Hall–Kier alpha value is -2.21. The minimum absolute atomic E-state index is 0.123. The topological polar surface area (TPSA) is 63.1 Å². The Balaban J connectivity index is 1.28. The molecule has 1 aliphatic heterocycles. The maximum absolute atomic E-state index is 12.1. The number of benzene rings is 1. The quantitative estimate of drug-likeness (QED) is 0.906. The van der Waals surface area contributed by atoms with E-state index in [0.29, 0.717) is 19.1 Å². The molecule has 23 heavy (non-hydrogen) atoms. The molecule has 0 spiro atoms. The SMILES string of the molecule is O=C(CN1C[C@@H]2CC[C@H]1C2)NCc1ccc(-n2cncn2)cc1. The first kappa shape index (κ1) is 14.4. The van der Waals surface area contributed by atoms with Crippen molar-refractivity contribution in [3.63, 3.8) is 0 Å². The fraction of sp³-hybridized carbons (Fsp3) is 0.471. The van der Waals surface area contributed by atoms with Crippen LogP contribution >= 0.6 is 0 Å². The lowest BCUT2D eigenvalue weighted by atomic mass is 10.1. The van der Waals surface area contributed by atoms with Gasteiger partial charge in [-0.1, -0.05) is 12.1 Å². The molecule has 1 N–H and O–H groups in total. The van der Waals surface area contributed by atoms with Crippen LogP contribution in [0, 0.1) is 5.92 Å². The smallest absolute Gasteiger partial charge is 0.234 e. The van der Waals surface area contributed by atoms with E-state index < -0.39 is 0 Å². The van der Waals surface area contributed by atoms with Crippen LogP contribution in [0.2, 0.25) is 0 Å². The van der Waals surface area contributed by atoms with Crippen molar-refractivity contribution in [1.82, 2.24) is 25.0 Å². The first-order valence-electron chi connectivity index (χ1n) is 8.22. The Bertz CT molecular complexity index is 667. The maximum atomic E-state index is 12.1. The van der Waals surface area contributed by atoms with Gasteiger partial charge in [0.25, 0.3) is 0 Å². The van der Waals surface area contributed by atoms with Crippen LogP contribution in [0.1, 0.15) is 24.8 Å². The molecular weight excluding hydrogens is 290 g/mol. The van der Waals surface area contributed by atoms with E-state index >= 15 is 0 Å². The van der Waals surface area contributed by atoms with Crippen LogP contribution in [-0.4, -0.2) is 44.7 Å². The summed E-state index contributed by atoms with van der Waals surface area (Å²) in [6.45, 7) is 2.21. The van der Waals surface area contributed by atoms with E-state index in [4.69, 9.17) is 0 Å². The van der Waals surface area contributed by atoms with Gasteiger partial charge in [-0.15, -0.1) is 0 Å². The average molecular weight is 311 g/mol. The summed E-state index contributed by atoms with van der Waals surface area (Å²) in [7, 11) is 0. The average Bonchev–Trinajstić information content (AvgIpc) is 3.31. The van der Waals surface area contributed by atoms with Crippen molar-refractivity contribution >= 4 is 5.91 Å². The first-order chi connectivity index (χ1) is 11.3. The number of nitrogens with zero attached hydrogens (tertiary/aromatic N) is 4. The number of carbonyl (C=O) groups is 1. The molecule has 1 aliphatic carbocycles. The number of carbonyl (C=O) groups excluding carboxylic acids is 1. The van der Waals surface area contributed by atoms with Gasteiger partial charge in [0.15, 0.2) is 0 Å². The molecule has 2 bridgehead atoms. The van der Waals surface area contributed by atoms with E-state index in [2.05, 4.69) is 20.3 Å². The normalized spacial score (nSPS) is 23.3. The predicted octanol–water partition coefficient (Wildman–Crippen LogP) is 1.37. The van der Waals surface area contributed by atoms with Crippen LogP contribution in [-0.2, 0) is 11.3 Å². The molecule has 2 aliphatic rings. The van der Waals surface area contributed by atoms with Crippen molar-refractivity contribution in [2.24, 2.45) is 5.92 Å². The van der Waals surface area contributed by atoms with Crippen LogP contribution in [0.15, 0.2) is 36.9 Å². The molecule has 2 atom stereocenters. The van der Waals surface area contributed by atoms with Gasteiger partial charge in [-0.3, -0.25) is 9.69 Å². The molecule has 6 nitrogen and oxygen atoms in total. The first-order valence-corrected chi connectivity index (χ1v) is 8.22. The third-order valence-corrected chi connectivity index (χ3v) is 4.98. The number of aromatic nitrogens is 3. The van der Waals surface area contributed by atoms with Gasteiger partial charge < -0.3 is 5.32 Å². The zero-order valence-corrected chi connectivity index (χ0v) is 13.1. The third-order valence-electron chi connectivity index (χ3n) is 4.98. The number of hydrogen-bond donors (Lipinski definition) is 1. The van der Waals surface area contributed by atoms with Crippen LogP contribution in [0.4, 0.5) is 0 Å². The second-order valence-electron chi connectivity index (χ2n) is 6.55. The van der Waals surface area contributed by atoms with Crippen LogP contribution < -0.4 is 5.32 Å². The third kappa shape index (κ3) is 3.12. The van der Waals surface area contributed by atoms with Gasteiger partial charge in [0.05, 0.1) is 12.2 Å². The highest BCUT2D eigenvalue weighted by molar-refractivity contribution is 5.78. The summed E-state index contributed by atoms with van der Waals surface area (Å²) in [6, 6.07) is 8.63. The van der Waals surface area contributed by atoms with E-state index in [1.165, 1.54) is 25.6 Å². The second-order valence-corrected chi connectivity index (χ2v) is 6.55. The summed E-state index contributed by atoms with van der Waals surface area (Å²) in [5, 5.41) is 7.12. The molecule has 1 saturated carbocycles. The minimum Gasteiger partial charge on any atom is -0.351 e. The summed E-state index contributed by atoms with van der Waals surface area (Å²) in [6.07, 6.45) is 7.08. The molecule has 2 heterocycles. The lowest BCUT2D eigenvalue weighted by Gasteiger charge is -2.25. The number of fused-ring (bicyclic) bond motifs is 2. The van der Waals surface area contributed by atoms with Crippen molar-refractivity contribution in [2.75, 3.05) is 13.1 Å². The number of amides is 1. The zero-order chi connectivity index (χ0) is 15.6. The number of likely N-dealkylation sites (tertiary alicyclic amines) is 1. The Morgan fingerprint density at radius 1 is 1.26 bits per heavy atom. The highest BCUT2D eigenvalue weighted by atomic mass is 16.2. The molecular formula is C17H21N5O. The molecule has 1 aromatic carbocycles. The summed E-state index contributed by atoms with van der Waals surface area (Å²) >= 11 is 0. The van der Waals surface area contributed by atoms with E-state index in [1.807, 2.05) is 24.3 Å². The second kappa shape index (κ2) is 6.12. The lowest BCUT2D eigenvalue weighted by Crippen LogP contribution is -2.40. The highest BCUT2D eigenvalue weighted by Gasteiger charge is 2.38. The Labute approximate surface area is 135 Å².